The molecular weight excluding hydrogens is 308 g/mol. The molecule has 5 heteroatoms. The molecule has 0 aliphatic rings. The van der Waals surface area contributed by atoms with Crippen molar-refractivity contribution in [1.82, 2.24) is 5.32 Å². The molecule has 0 saturated carbocycles. The SMILES string of the molecule is CCNCC(C)C(=O)Nc1cccc(Br)c1COC. The number of hydrogen-bond acceptors (Lipinski definition) is 3. The molecule has 0 fully saturated rings. The molecule has 0 aliphatic carbocycles. The Morgan fingerprint density at radius 1 is 1.47 bits per heavy atom. The van der Waals surface area contributed by atoms with Gasteiger partial charge in [-0.25, -0.2) is 0 Å². The van der Waals surface area contributed by atoms with Crippen molar-refractivity contribution in [3.05, 3.63) is 28.2 Å². The molecule has 0 radical (unpaired) electrons. The zero-order chi connectivity index (χ0) is 14.3. The van der Waals surface area contributed by atoms with Gasteiger partial charge in [0.2, 0.25) is 5.91 Å². The Hall–Kier alpha value is -0.910. The van der Waals surface area contributed by atoms with E-state index in [2.05, 4.69) is 26.6 Å². The average Bonchev–Trinajstić information content (AvgIpc) is 2.39. The number of carbonyl (C=O) groups is 1. The van der Waals surface area contributed by atoms with E-state index in [0.29, 0.717) is 13.2 Å². The molecule has 1 unspecified atom stereocenters. The molecule has 0 bridgehead atoms. The maximum absolute atomic E-state index is 12.1. The normalized spacial score (nSPS) is 12.2. The Bertz CT molecular complexity index is 424. The third kappa shape index (κ3) is 4.93. The summed E-state index contributed by atoms with van der Waals surface area (Å²) in [6.45, 7) is 5.93. The first-order valence-corrected chi connectivity index (χ1v) is 7.17. The first kappa shape index (κ1) is 16.1. The van der Waals surface area contributed by atoms with Gasteiger partial charge >= 0.3 is 0 Å². The maximum Gasteiger partial charge on any atom is 0.228 e. The van der Waals surface area contributed by atoms with Crippen LogP contribution in [-0.4, -0.2) is 26.1 Å². The van der Waals surface area contributed by atoms with Gasteiger partial charge in [-0.2, -0.15) is 0 Å². The smallest absolute Gasteiger partial charge is 0.228 e. The van der Waals surface area contributed by atoms with Crippen LogP contribution in [0.4, 0.5) is 5.69 Å². The number of ether oxygens (including phenoxy) is 1. The van der Waals surface area contributed by atoms with E-state index in [4.69, 9.17) is 4.74 Å². The van der Waals surface area contributed by atoms with E-state index < -0.39 is 0 Å². The van der Waals surface area contributed by atoms with Crippen molar-refractivity contribution in [2.24, 2.45) is 5.92 Å². The predicted octanol–water partition coefficient (Wildman–Crippen LogP) is 2.78. The van der Waals surface area contributed by atoms with Crippen LogP contribution in [0.3, 0.4) is 0 Å². The molecular formula is C14H21BrN2O2. The zero-order valence-electron chi connectivity index (χ0n) is 11.6. The van der Waals surface area contributed by atoms with Crippen LogP contribution in [-0.2, 0) is 16.1 Å². The van der Waals surface area contributed by atoms with Gasteiger partial charge in [0.05, 0.1) is 6.61 Å². The Morgan fingerprint density at radius 2 is 2.21 bits per heavy atom. The second kappa shape index (κ2) is 8.30. The van der Waals surface area contributed by atoms with Crippen LogP contribution in [0.2, 0.25) is 0 Å². The number of benzene rings is 1. The number of nitrogens with one attached hydrogen (secondary N) is 2. The number of halogens is 1. The topological polar surface area (TPSA) is 50.4 Å². The van der Waals surface area contributed by atoms with Gasteiger partial charge in [0, 0.05) is 35.3 Å². The van der Waals surface area contributed by atoms with E-state index in [1.807, 2.05) is 32.0 Å². The van der Waals surface area contributed by atoms with Crippen molar-refractivity contribution < 1.29 is 9.53 Å². The van der Waals surface area contributed by atoms with Crippen molar-refractivity contribution in [3.8, 4) is 0 Å². The van der Waals surface area contributed by atoms with E-state index in [1.165, 1.54) is 0 Å². The molecule has 0 spiro atoms. The molecule has 0 saturated heterocycles. The average molecular weight is 329 g/mol. The number of hydrogen-bond donors (Lipinski definition) is 2. The third-order valence-corrected chi connectivity index (χ3v) is 3.56. The predicted molar refractivity (Wildman–Crippen MR) is 81.2 cm³/mol. The van der Waals surface area contributed by atoms with E-state index >= 15 is 0 Å². The number of amides is 1. The molecule has 1 aromatic carbocycles. The number of anilines is 1. The molecule has 4 nitrogen and oxygen atoms in total. The molecule has 106 valence electrons. The molecule has 1 amide bonds. The van der Waals surface area contributed by atoms with Gasteiger partial charge in [0.1, 0.15) is 0 Å². The summed E-state index contributed by atoms with van der Waals surface area (Å²) in [5.41, 5.74) is 1.75. The van der Waals surface area contributed by atoms with E-state index in [9.17, 15) is 4.79 Å². The van der Waals surface area contributed by atoms with Crippen molar-refractivity contribution in [3.63, 3.8) is 0 Å². The van der Waals surface area contributed by atoms with Crippen molar-refractivity contribution in [2.45, 2.75) is 20.5 Å². The summed E-state index contributed by atoms with van der Waals surface area (Å²) in [5.74, 6) is -0.0641. The highest BCUT2D eigenvalue weighted by Gasteiger charge is 2.15. The van der Waals surface area contributed by atoms with E-state index in [-0.39, 0.29) is 11.8 Å². The summed E-state index contributed by atoms with van der Waals surface area (Å²) >= 11 is 3.47. The van der Waals surface area contributed by atoms with Crippen LogP contribution < -0.4 is 10.6 Å². The van der Waals surface area contributed by atoms with Crippen LogP contribution in [0.15, 0.2) is 22.7 Å². The molecule has 2 N–H and O–H groups in total. The molecule has 1 atom stereocenters. The van der Waals surface area contributed by atoms with Gasteiger partial charge in [-0.05, 0) is 18.7 Å². The molecule has 19 heavy (non-hydrogen) atoms. The number of carbonyl (C=O) groups excluding carboxylic acids is 1. The molecule has 0 aromatic heterocycles. The quantitative estimate of drug-likeness (QED) is 0.809. The number of rotatable bonds is 7. The summed E-state index contributed by atoms with van der Waals surface area (Å²) in [5, 5.41) is 6.13. The Balaban J connectivity index is 2.75. The lowest BCUT2D eigenvalue weighted by atomic mass is 10.1. The van der Waals surface area contributed by atoms with Gasteiger partial charge in [-0.1, -0.05) is 35.8 Å². The van der Waals surface area contributed by atoms with Gasteiger partial charge in [-0.3, -0.25) is 4.79 Å². The Morgan fingerprint density at radius 3 is 2.84 bits per heavy atom. The van der Waals surface area contributed by atoms with Crippen molar-refractivity contribution >= 4 is 27.5 Å². The molecule has 1 aromatic rings. The lowest BCUT2D eigenvalue weighted by molar-refractivity contribution is -0.119. The highest BCUT2D eigenvalue weighted by atomic mass is 79.9. The van der Waals surface area contributed by atoms with Crippen LogP contribution in [0, 0.1) is 5.92 Å². The molecule has 1 rings (SSSR count). The Kier molecular flexibility index (Phi) is 7.05. The fourth-order valence-corrected chi connectivity index (χ4v) is 2.16. The summed E-state index contributed by atoms with van der Waals surface area (Å²) in [7, 11) is 1.64. The first-order valence-electron chi connectivity index (χ1n) is 6.38. The minimum Gasteiger partial charge on any atom is -0.380 e. The fraction of sp³-hybridized carbons (Fsp3) is 0.500. The number of methoxy groups -OCH3 is 1. The van der Waals surface area contributed by atoms with Crippen molar-refractivity contribution in [2.75, 3.05) is 25.5 Å². The Labute approximate surface area is 123 Å². The lowest BCUT2D eigenvalue weighted by Crippen LogP contribution is -2.30. The summed E-state index contributed by atoms with van der Waals surface area (Å²) in [6, 6.07) is 5.72. The first-order chi connectivity index (χ1) is 9.10. The van der Waals surface area contributed by atoms with Crippen LogP contribution >= 0.6 is 15.9 Å². The zero-order valence-corrected chi connectivity index (χ0v) is 13.2. The second-order valence-electron chi connectivity index (χ2n) is 4.40. The van der Waals surface area contributed by atoms with E-state index in [0.717, 1.165) is 22.3 Å². The van der Waals surface area contributed by atoms with Gasteiger partial charge in [0.25, 0.3) is 0 Å². The molecule has 0 heterocycles. The molecule has 0 aliphatic heterocycles. The fourth-order valence-electron chi connectivity index (χ4n) is 1.68. The van der Waals surface area contributed by atoms with Gasteiger partial charge < -0.3 is 15.4 Å². The third-order valence-electron chi connectivity index (χ3n) is 2.81. The standard InChI is InChI=1S/C14H21BrN2O2/c1-4-16-8-10(2)14(18)17-13-7-5-6-12(15)11(13)9-19-3/h5-7,10,16H,4,8-9H2,1-3H3,(H,17,18). The highest BCUT2D eigenvalue weighted by molar-refractivity contribution is 9.10. The van der Waals surface area contributed by atoms with Gasteiger partial charge in [0.15, 0.2) is 0 Å². The van der Waals surface area contributed by atoms with Crippen LogP contribution in [0.25, 0.3) is 0 Å². The summed E-state index contributed by atoms with van der Waals surface area (Å²) in [4.78, 5) is 12.1. The van der Waals surface area contributed by atoms with Crippen LogP contribution in [0.5, 0.6) is 0 Å². The van der Waals surface area contributed by atoms with Gasteiger partial charge in [-0.15, -0.1) is 0 Å². The minimum atomic E-state index is -0.0747. The summed E-state index contributed by atoms with van der Waals surface area (Å²) in [6.07, 6.45) is 0. The van der Waals surface area contributed by atoms with E-state index in [1.54, 1.807) is 7.11 Å². The minimum absolute atomic E-state index is 0.0106. The lowest BCUT2D eigenvalue weighted by Gasteiger charge is -2.16. The largest absolute Gasteiger partial charge is 0.380 e. The second-order valence-corrected chi connectivity index (χ2v) is 5.25. The highest BCUT2D eigenvalue weighted by Crippen LogP contribution is 2.25. The monoisotopic (exact) mass is 328 g/mol. The van der Waals surface area contributed by atoms with Crippen LogP contribution in [0.1, 0.15) is 19.4 Å². The summed E-state index contributed by atoms with van der Waals surface area (Å²) < 4.78 is 6.10. The van der Waals surface area contributed by atoms with Crippen molar-refractivity contribution in [1.29, 1.82) is 0 Å². The maximum atomic E-state index is 12.1.